The monoisotopic (exact) mass is 443 g/mol. The largest absolute Gasteiger partial charge is 0.417 e. The number of nitrogen functional groups attached to an aromatic ring is 1. The molecular formula is C20H22F5N5O. The number of halogens is 5. The molecule has 2 atom stereocenters. The molecule has 2 aromatic rings. The van der Waals surface area contributed by atoms with Gasteiger partial charge >= 0.3 is 6.18 Å². The highest BCUT2D eigenvalue weighted by Crippen LogP contribution is 2.35. The number of nitrogens with zero attached hydrogens (tertiary/aromatic N) is 3. The zero-order valence-corrected chi connectivity index (χ0v) is 16.9. The summed E-state index contributed by atoms with van der Waals surface area (Å²) in [7, 11) is 0. The summed E-state index contributed by atoms with van der Waals surface area (Å²) in [5.74, 6) is -4.27. The lowest BCUT2D eigenvalue weighted by Gasteiger charge is -2.43. The lowest BCUT2D eigenvalue weighted by atomic mass is 9.88. The Morgan fingerprint density at radius 3 is 2.61 bits per heavy atom. The molecule has 3 heterocycles. The highest BCUT2D eigenvalue weighted by atomic mass is 19.4. The molecule has 0 aromatic carbocycles. The van der Waals surface area contributed by atoms with Crippen molar-refractivity contribution in [1.82, 2.24) is 14.9 Å². The van der Waals surface area contributed by atoms with Crippen LogP contribution in [0.5, 0.6) is 0 Å². The maximum Gasteiger partial charge on any atom is 0.417 e. The number of piperidine rings is 1. The maximum absolute atomic E-state index is 14.3. The number of pyridine rings is 2. The summed E-state index contributed by atoms with van der Waals surface area (Å²) in [5, 5.41) is 2.84. The van der Waals surface area contributed by atoms with Crippen molar-refractivity contribution >= 4 is 17.4 Å². The molecule has 1 amide bonds. The third kappa shape index (κ3) is 5.20. The van der Waals surface area contributed by atoms with Gasteiger partial charge in [-0.1, -0.05) is 6.92 Å². The predicted octanol–water partition coefficient (Wildman–Crippen LogP) is 3.98. The Morgan fingerprint density at radius 2 is 2.00 bits per heavy atom. The minimum absolute atomic E-state index is 0.0209. The van der Waals surface area contributed by atoms with Crippen molar-refractivity contribution < 1.29 is 26.7 Å². The van der Waals surface area contributed by atoms with Crippen LogP contribution in [0.1, 0.15) is 35.1 Å². The van der Waals surface area contributed by atoms with Crippen molar-refractivity contribution in [2.45, 2.75) is 38.4 Å². The number of carbonyl (C=O) groups excluding carboxylic acids is 1. The molecule has 168 valence electrons. The fourth-order valence-corrected chi connectivity index (χ4v) is 3.63. The molecule has 0 spiro atoms. The van der Waals surface area contributed by atoms with Crippen molar-refractivity contribution in [1.29, 1.82) is 0 Å². The number of nitrogens with two attached hydrogens (primary N) is 1. The van der Waals surface area contributed by atoms with Gasteiger partial charge in [0.1, 0.15) is 5.82 Å². The van der Waals surface area contributed by atoms with E-state index in [9.17, 15) is 26.7 Å². The summed E-state index contributed by atoms with van der Waals surface area (Å²) < 4.78 is 66.6. The number of anilines is 2. The quantitative estimate of drug-likeness (QED) is 0.699. The normalized spacial score (nSPS) is 21.1. The summed E-state index contributed by atoms with van der Waals surface area (Å²) >= 11 is 0. The van der Waals surface area contributed by atoms with Crippen molar-refractivity contribution in [3.8, 4) is 0 Å². The van der Waals surface area contributed by atoms with E-state index in [1.807, 2.05) is 0 Å². The first kappa shape index (κ1) is 22.7. The predicted molar refractivity (Wildman–Crippen MR) is 105 cm³/mol. The van der Waals surface area contributed by atoms with Crippen LogP contribution in [-0.4, -0.2) is 45.8 Å². The summed E-state index contributed by atoms with van der Waals surface area (Å²) in [6.07, 6.45) is -4.26. The van der Waals surface area contributed by atoms with Gasteiger partial charge in [0.25, 0.3) is 11.8 Å². The van der Waals surface area contributed by atoms with E-state index >= 15 is 0 Å². The van der Waals surface area contributed by atoms with E-state index in [1.54, 1.807) is 19.9 Å². The van der Waals surface area contributed by atoms with Crippen LogP contribution in [0.25, 0.3) is 0 Å². The zero-order chi connectivity index (χ0) is 23.0. The molecule has 31 heavy (non-hydrogen) atoms. The number of alkyl halides is 5. The topological polar surface area (TPSA) is 84.1 Å². The van der Waals surface area contributed by atoms with E-state index in [0.29, 0.717) is 11.9 Å². The Morgan fingerprint density at radius 1 is 1.29 bits per heavy atom. The fourth-order valence-electron chi connectivity index (χ4n) is 3.63. The number of carbonyl (C=O) groups is 1. The van der Waals surface area contributed by atoms with Gasteiger partial charge in [0.05, 0.1) is 23.8 Å². The van der Waals surface area contributed by atoms with Gasteiger partial charge in [0.2, 0.25) is 0 Å². The van der Waals surface area contributed by atoms with Gasteiger partial charge in [-0.2, -0.15) is 13.2 Å². The fraction of sp³-hybridized carbons (Fsp3) is 0.450. The van der Waals surface area contributed by atoms with Crippen molar-refractivity contribution in [2.24, 2.45) is 5.92 Å². The van der Waals surface area contributed by atoms with E-state index in [1.165, 1.54) is 6.07 Å². The number of amides is 1. The molecule has 0 bridgehead atoms. The molecule has 1 aliphatic heterocycles. The van der Waals surface area contributed by atoms with Crippen LogP contribution in [0, 0.1) is 12.8 Å². The van der Waals surface area contributed by atoms with Crippen LogP contribution in [0.3, 0.4) is 0 Å². The highest BCUT2D eigenvalue weighted by molar-refractivity contribution is 5.97. The number of rotatable bonds is 4. The Kier molecular flexibility index (Phi) is 6.06. The standard InChI is InChI=1S/C20H22F5N5O/c1-11-7-19(21,22)10-30(18(31)17-14(26)5-3-12(2)29-17)15(11)9-28-16-6-4-13(8-27-16)20(23,24)25/h3-6,8,11,15H,7,9-10,26H2,1-2H3,(H,27,28). The average molecular weight is 443 g/mol. The molecule has 6 nitrogen and oxygen atoms in total. The second kappa shape index (κ2) is 8.27. The Labute approximate surface area is 175 Å². The Balaban J connectivity index is 1.82. The average Bonchev–Trinajstić information content (AvgIpc) is 2.67. The summed E-state index contributed by atoms with van der Waals surface area (Å²) in [6.45, 7) is 2.46. The number of hydrogen-bond donors (Lipinski definition) is 2. The Bertz CT molecular complexity index is 948. The van der Waals surface area contributed by atoms with Crippen molar-refractivity contribution in [3.05, 3.63) is 47.4 Å². The first-order chi connectivity index (χ1) is 14.4. The smallest absolute Gasteiger partial charge is 0.397 e. The minimum atomic E-state index is -4.51. The second-order valence-corrected chi connectivity index (χ2v) is 7.74. The summed E-state index contributed by atoms with van der Waals surface area (Å²) in [6, 6.07) is 4.44. The van der Waals surface area contributed by atoms with Gasteiger partial charge in [0.15, 0.2) is 5.69 Å². The zero-order valence-electron chi connectivity index (χ0n) is 16.9. The molecule has 3 N–H and O–H groups in total. The van der Waals surface area contributed by atoms with Gasteiger partial charge in [-0.05, 0) is 37.1 Å². The van der Waals surface area contributed by atoms with Crippen LogP contribution in [0.2, 0.25) is 0 Å². The minimum Gasteiger partial charge on any atom is -0.397 e. The lowest BCUT2D eigenvalue weighted by molar-refractivity contribution is -0.137. The first-order valence-electron chi connectivity index (χ1n) is 9.56. The number of likely N-dealkylation sites (tertiary alicyclic amines) is 1. The molecule has 0 radical (unpaired) electrons. The second-order valence-electron chi connectivity index (χ2n) is 7.74. The molecule has 1 saturated heterocycles. The van der Waals surface area contributed by atoms with Gasteiger partial charge in [0, 0.05) is 24.9 Å². The van der Waals surface area contributed by atoms with E-state index < -0.39 is 48.5 Å². The summed E-state index contributed by atoms with van der Waals surface area (Å²) in [4.78, 5) is 21.9. The summed E-state index contributed by atoms with van der Waals surface area (Å²) in [5.41, 5.74) is 5.42. The molecule has 2 aromatic heterocycles. The van der Waals surface area contributed by atoms with Crippen LogP contribution in [0.15, 0.2) is 30.5 Å². The van der Waals surface area contributed by atoms with E-state index in [0.717, 1.165) is 17.0 Å². The van der Waals surface area contributed by atoms with Gasteiger partial charge in [-0.25, -0.2) is 18.7 Å². The van der Waals surface area contributed by atoms with Crippen LogP contribution < -0.4 is 11.1 Å². The molecule has 1 fully saturated rings. The van der Waals surface area contributed by atoms with Crippen LogP contribution in [0.4, 0.5) is 33.5 Å². The third-order valence-corrected chi connectivity index (χ3v) is 5.19. The van der Waals surface area contributed by atoms with Crippen molar-refractivity contribution in [3.63, 3.8) is 0 Å². The maximum atomic E-state index is 14.3. The highest BCUT2D eigenvalue weighted by Gasteiger charge is 2.46. The van der Waals surface area contributed by atoms with Gasteiger partial charge < -0.3 is 16.0 Å². The lowest BCUT2D eigenvalue weighted by Crippen LogP contribution is -2.57. The third-order valence-electron chi connectivity index (χ3n) is 5.19. The number of hydrogen-bond acceptors (Lipinski definition) is 5. The molecule has 0 saturated carbocycles. The SMILES string of the molecule is Cc1ccc(N)c(C(=O)N2CC(F)(F)CC(C)C2CNc2ccc(C(F)(F)F)cn2)n1. The Hall–Kier alpha value is -2.98. The van der Waals surface area contributed by atoms with Gasteiger partial charge in [-0.15, -0.1) is 0 Å². The van der Waals surface area contributed by atoms with Crippen molar-refractivity contribution in [2.75, 3.05) is 24.1 Å². The molecule has 11 heteroatoms. The van der Waals surface area contributed by atoms with Crippen LogP contribution >= 0.6 is 0 Å². The van der Waals surface area contributed by atoms with Gasteiger partial charge in [-0.3, -0.25) is 4.79 Å². The first-order valence-corrected chi connectivity index (χ1v) is 9.56. The van der Waals surface area contributed by atoms with Crippen LogP contribution in [-0.2, 0) is 6.18 Å². The molecule has 1 aliphatic rings. The molecule has 2 unspecified atom stereocenters. The number of aryl methyl sites for hydroxylation is 1. The molecule has 3 rings (SSSR count). The number of aromatic nitrogens is 2. The van der Waals surface area contributed by atoms with E-state index in [4.69, 9.17) is 5.73 Å². The number of nitrogens with one attached hydrogen (secondary N) is 1. The van der Waals surface area contributed by atoms with E-state index in [-0.39, 0.29) is 23.7 Å². The van der Waals surface area contributed by atoms with E-state index in [2.05, 4.69) is 15.3 Å². The molecular weight excluding hydrogens is 421 g/mol. The molecule has 0 aliphatic carbocycles.